The third-order valence-electron chi connectivity index (χ3n) is 2.81. The summed E-state index contributed by atoms with van der Waals surface area (Å²) in [6.45, 7) is 5.56. The maximum absolute atomic E-state index is 13.7. The van der Waals surface area contributed by atoms with Crippen molar-refractivity contribution in [3.63, 3.8) is 0 Å². The molecule has 0 saturated heterocycles. The molecule has 0 radical (unpaired) electrons. The lowest BCUT2D eigenvalue weighted by atomic mass is 10.0. The molecule has 0 heterocycles. The molecule has 5 heteroatoms. The summed E-state index contributed by atoms with van der Waals surface area (Å²) in [5.74, 6) is -1.40. The Balaban J connectivity index is 3.03. The molecule has 0 aliphatic heterocycles. The maximum Gasteiger partial charge on any atom is 0.317 e. The Bertz CT molecular complexity index is 515. The van der Waals surface area contributed by atoms with E-state index in [-0.39, 0.29) is 13.1 Å². The Morgan fingerprint density at radius 3 is 2.58 bits per heavy atom. The van der Waals surface area contributed by atoms with Crippen LogP contribution in [0.5, 0.6) is 0 Å². The number of nitrogens with zero attached hydrogens (tertiary/aromatic N) is 2. The minimum atomic E-state index is -0.966. The van der Waals surface area contributed by atoms with Gasteiger partial charge in [0.05, 0.1) is 18.2 Å². The average molecular weight is 264 g/mol. The van der Waals surface area contributed by atoms with E-state index in [9.17, 15) is 9.18 Å². The van der Waals surface area contributed by atoms with Crippen LogP contribution in [0.3, 0.4) is 0 Å². The molecule has 1 N–H and O–H groups in total. The third kappa shape index (κ3) is 4.34. The molecule has 0 bridgehead atoms. The molecular weight excluding hydrogens is 247 g/mol. The lowest BCUT2D eigenvalue weighted by Crippen LogP contribution is -2.44. The van der Waals surface area contributed by atoms with E-state index in [2.05, 4.69) is 0 Å². The molecule has 0 aliphatic carbocycles. The summed E-state index contributed by atoms with van der Waals surface area (Å²) in [4.78, 5) is 12.5. The van der Waals surface area contributed by atoms with Crippen molar-refractivity contribution in [3.05, 3.63) is 35.1 Å². The van der Waals surface area contributed by atoms with Crippen LogP contribution < -0.4 is 0 Å². The van der Waals surface area contributed by atoms with Gasteiger partial charge in [-0.2, -0.15) is 5.26 Å². The number of carboxylic acid groups (broad SMARTS) is 1. The van der Waals surface area contributed by atoms with Crippen LogP contribution in [-0.4, -0.2) is 28.1 Å². The van der Waals surface area contributed by atoms with Gasteiger partial charge >= 0.3 is 5.97 Å². The molecule has 0 saturated carbocycles. The second-order valence-corrected chi connectivity index (χ2v) is 5.34. The molecule has 0 aromatic heterocycles. The van der Waals surface area contributed by atoms with Crippen LogP contribution in [0, 0.1) is 17.1 Å². The van der Waals surface area contributed by atoms with Gasteiger partial charge in [-0.1, -0.05) is 0 Å². The number of hydrogen-bond acceptors (Lipinski definition) is 3. The zero-order valence-corrected chi connectivity index (χ0v) is 11.3. The highest BCUT2D eigenvalue weighted by molar-refractivity contribution is 5.69. The van der Waals surface area contributed by atoms with Crippen molar-refractivity contribution in [1.82, 2.24) is 4.90 Å². The van der Waals surface area contributed by atoms with Crippen LogP contribution in [0.15, 0.2) is 18.2 Å². The van der Waals surface area contributed by atoms with Gasteiger partial charge in [0.1, 0.15) is 5.82 Å². The maximum atomic E-state index is 13.7. The highest BCUT2D eigenvalue weighted by atomic mass is 19.1. The van der Waals surface area contributed by atoms with E-state index in [1.165, 1.54) is 18.2 Å². The van der Waals surface area contributed by atoms with Crippen molar-refractivity contribution < 1.29 is 14.3 Å². The van der Waals surface area contributed by atoms with Crippen LogP contribution in [0.4, 0.5) is 4.39 Å². The molecule has 102 valence electrons. The van der Waals surface area contributed by atoms with Gasteiger partial charge in [0, 0.05) is 17.6 Å². The first kappa shape index (κ1) is 15.1. The van der Waals surface area contributed by atoms with Gasteiger partial charge in [0.2, 0.25) is 0 Å². The summed E-state index contributed by atoms with van der Waals surface area (Å²) < 4.78 is 13.7. The molecule has 19 heavy (non-hydrogen) atoms. The van der Waals surface area contributed by atoms with Crippen molar-refractivity contribution in [3.8, 4) is 6.07 Å². The molecular formula is C14H17FN2O2. The summed E-state index contributed by atoms with van der Waals surface area (Å²) in [6.07, 6.45) is 0. The third-order valence-corrected chi connectivity index (χ3v) is 2.81. The Kier molecular flexibility index (Phi) is 4.62. The van der Waals surface area contributed by atoms with Crippen LogP contribution in [0.25, 0.3) is 0 Å². The first-order chi connectivity index (χ1) is 8.74. The molecule has 0 aliphatic rings. The first-order valence-electron chi connectivity index (χ1n) is 5.89. The number of carboxylic acids is 1. The number of benzene rings is 1. The van der Waals surface area contributed by atoms with E-state index < -0.39 is 17.3 Å². The lowest BCUT2D eigenvalue weighted by molar-refractivity contribution is -0.139. The van der Waals surface area contributed by atoms with E-state index >= 15 is 0 Å². The summed E-state index contributed by atoms with van der Waals surface area (Å²) in [5, 5.41) is 17.7. The zero-order valence-electron chi connectivity index (χ0n) is 11.3. The minimum absolute atomic E-state index is 0.150. The van der Waals surface area contributed by atoms with Gasteiger partial charge in [-0.3, -0.25) is 9.69 Å². The number of carbonyl (C=O) groups is 1. The molecule has 0 unspecified atom stereocenters. The van der Waals surface area contributed by atoms with E-state index in [1.54, 1.807) is 4.90 Å². The standard InChI is InChI=1S/C14H17FN2O2/c1-14(2,3)17(9-13(18)19)8-11-6-10(7-16)4-5-12(11)15/h4-6H,8-9H2,1-3H3,(H,18,19). The largest absolute Gasteiger partial charge is 0.480 e. The highest BCUT2D eigenvalue weighted by Gasteiger charge is 2.24. The van der Waals surface area contributed by atoms with Crippen LogP contribution in [0.1, 0.15) is 31.9 Å². The van der Waals surface area contributed by atoms with Crippen molar-refractivity contribution >= 4 is 5.97 Å². The lowest BCUT2D eigenvalue weighted by Gasteiger charge is -2.34. The molecule has 1 aromatic carbocycles. The smallest absolute Gasteiger partial charge is 0.317 e. The molecule has 0 atom stereocenters. The Labute approximate surface area is 112 Å². The number of aliphatic carboxylic acids is 1. The highest BCUT2D eigenvalue weighted by Crippen LogP contribution is 2.19. The van der Waals surface area contributed by atoms with Gasteiger partial charge in [-0.25, -0.2) is 4.39 Å². The van der Waals surface area contributed by atoms with E-state index in [0.29, 0.717) is 11.1 Å². The number of hydrogen-bond donors (Lipinski definition) is 1. The Hall–Kier alpha value is -1.93. The number of halogens is 1. The quantitative estimate of drug-likeness (QED) is 0.906. The normalized spacial score (nSPS) is 11.4. The van der Waals surface area contributed by atoms with E-state index in [4.69, 9.17) is 10.4 Å². The van der Waals surface area contributed by atoms with Crippen LogP contribution in [0.2, 0.25) is 0 Å². The summed E-state index contributed by atoms with van der Waals surface area (Å²) in [6, 6.07) is 6.03. The molecule has 0 amide bonds. The summed E-state index contributed by atoms with van der Waals surface area (Å²) >= 11 is 0. The zero-order chi connectivity index (χ0) is 14.6. The molecule has 4 nitrogen and oxygen atoms in total. The van der Waals surface area contributed by atoms with E-state index in [1.807, 2.05) is 26.8 Å². The molecule has 0 spiro atoms. The van der Waals surface area contributed by atoms with Crippen molar-refractivity contribution in [2.45, 2.75) is 32.9 Å². The van der Waals surface area contributed by atoms with Gasteiger partial charge < -0.3 is 5.11 Å². The van der Waals surface area contributed by atoms with Gasteiger partial charge in [-0.05, 0) is 39.0 Å². The number of nitriles is 1. The van der Waals surface area contributed by atoms with Crippen molar-refractivity contribution in [2.24, 2.45) is 0 Å². The Morgan fingerprint density at radius 1 is 1.47 bits per heavy atom. The van der Waals surface area contributed by atoms with Gasteiger partial charge in [-0.15, -0.1) is 0 Å². The van der Waals surface area contributed by atoms with Gasteiger partial charge in [0.25, 0.3) is 0 Å². The molecule has 0 fully saturated rings. The summed E-state index contributed by atoms with van der Waals surface area (Å²) in [7, 11) is 0. The van der Waals surface area contributed by atoms with Gasteiger partial charge in [0.15, 0.2) is 0 Å². The second-order valence-electron chi connectivity index (χ2n) is 5.34. The van der Waals surface area contributed by atoms with Crippen LogP contribution in [-0.2, 0) is 11.3 Å². The predicted molar refractivity (Wildman–Crippen MR) is 68.9 cm³/mol. The number of rotatable bonds is 4. The molecule has 1 aromatic rings. The fourth-order valence-electron chi connectivity index (χ4n) is 1.66. The minimum Gasteiger partial charge on any atom is -0.480 e. The van der Waals surface area contributed by atoms with Crippen molar-refractivity contribution in [2.75, 3.05) is 6.54 Å². The first-order valence-corrected chi connectivity index (χ1v) is 5.89. The summed E-state index contributed by atoms with van der Waals surface area (Å²) in [5.41, 5.74) is 0.281. The molecule has 1 rings (SSSR count). The fraction of sp³-hybridized carbons (Fsp3) is 0.429. The predicted octanol–water partition coefficient (Wildman–Crippen LogP) is 2.38. The Morgan fingerprint density at radius 2 is 2.11 bits per heavy atom. The SMILES string of the molecule is CC(C)(C)N(CC(=O)O)Cc1cc(C#N)ccc1F. The van der Waals surface area contributed by atoms with E-state index in [0.717, 1.165) is 0 Å². The van der Waals surface area contributed by atoms with Crippen LogP contribution >= 0.6 is 0 Å². The average Bonchev–Trinajstić information content (AvgIpc) is 2.29. The fourth-order valence-corrected chi connectivity index (χ4v) is 1.66. The monoisotopic (exact) mass is 264 g/mol. The second kappa shape index (κ2) is 5.81. The van der Waals surface area contributed by atoms with Crippen molar-refractivity contribution in [1.29, 1.82) is 5.26 Å². The topological polar surface area (TPSA) is 64.3 Å².